The smallest absolute Gasteiger partial charge is 0.335 e. The number of amides is 4. The number of rotatable bonds is 10. The molecule has 3 rings (SSSR count). The number of anilines is 1. The van der Waals surface area contributed by atoms with Crippen LogP contribution in [0.25, 0.3) is 6.08 Å². The van der Waals surface area contributed by atoms with Crippen LogP contribution in [0.4, 0.5) is 14.9 Å². The van der Waals surface area contributed by atoms with Crippen molar-refractivity contribution in [2.24, 2.45) is 0 Å². The van der Waals surface area contributed by atoms with Crippen LogP contribution in [0.15, 0.2) is 48.0 Å². The number of carbonyl (C=O) groups excluding carboxylic acids is 3. The molecule has 0 saturated carbocycles. The minimum absolute atomic E-state index is 0.142. The lowest BCUT2D eigenvalue weighted by molar-refractivity contribution is -0.122. The normalized spacial score (nSPS) is 15.2. The number of unbranched alkanes of at least 4 members (excludes halogenated alkanes) is 5. The van der Waals surface area contributed by atoms with Crippen molar-refractivity contribution in [2.45, 2.75) is 45.4 Å². The Morgan fingerprint density at radius 1 is 1.00 bits per heavy atom. The van der Waals surface area contributed by atoms with Crippen molar-refractivity contribution in [3.8, 4) is 5.75 Å². The van der Waals surface area contributed by atoms with E-state index in [2.05, 4.69) is 12.2 Å². The van der Waals surface area contributed by atoms with Crippen LogP contribution in [0.2, 0.25) is 5.02 Å². The standard InChI is InChI=1S/C25H26ClFN2O4/c1-2-3-4-5-6-7-14-33-22-13-8-18(26)15-17(22)16-21-23(30)28-25(32)29(24(21)31)20-11-9-19(27)10-12-20/h8-13,15-16H,2-7,14H2,1H3,(H,28,30,32)/b21-16+. The van der Waals surface area contributed by atoms with Gasteiger partial charge in [0.15, 0.2) is 0 Å². The maximum absolute atomic E-state index is 13.3. The molecule has 1 aliphatic rings. The highest BCUT2D eigenvalue weighted by Crippen LogP contribution is 2.28. The molecule has 4 amide bonds. The van der Waals surface area contributed by atoms with Crippen molar-refractivity contribution in [3.05, 3.63) is 64.4 Å². The third-order valence-corrected chi connectivity index (χ3v) is 5.45. The average molecular weight is 473 g/mol. The largest absolute Gasteiger partial charge is 0.493 e. The lowest BCUT2D eigenvalue weighted by atomic mass is 10.1. The molecule has 0 radical (unpaired) electrons. The highest BCUT2D eigenvalue weighted by atomic mass is 35.5. The third kappa shape index (κ3) is 6.42. The number of barbiturate groups is 1. The lowest BCUT2D eigenvalue weighted by Gasteiger charge is -2.26. The molecule has 2 aromatic rings. The first-order valence-electron chi connectivity index (χ1n) is 11.0. The van der Waals surface area contributed by atoms with Crippen molar-refractivity contribution in [2.75, 3.05) is 11.5 Å². The number of hydrogen-bond donors (Lipinski definition) is 1. The highest BCUT2D eigenvalue weighted by Gasteiger charge is 2.37. The number of urea groups is 1. The van der Waals surface area contributed by atoms with Crippen LogP contribution in [-0.4, -0.2) is 24.5 Å². The van der Waals surface area contributed by atoms with Crippen LogP contribution in [0.1, 0.15) is 51.0 Å². The van der Waals surface area contributed by atoms with E-state index < -0.39 is 23.7 Å². The second kappa shape index (κ2) is 11.6. The van der Waals surface area contributed by atoms with Crippen LogP contribution in [0.5, 0.6) is 5.75 Å². The Balaban J connectivity index is 1.79. The summed E-state index contributed by atoms with van der Waals surface area (Å²) in [4.78, 5) is 38.6. The van der Waals surface area contributed by atoms with E-state index in [0.29, 0.717) is 22.9 Å². The fraction of sp³-hybridized carbons (Fsp3) is 0.320. The van der Waals surface area contributed by atoms with E-state index >= 15 is 0 Å². The number of imide groups is 2. The van der Waals surface area contributed by atoms with Gasteiger partial charge in [-0.1, -0.05) is 50.6 Å². The van der Waals surface area contributed by atoms with Gasteiger partial charge in [0.2, 0.25) is 0 Å². The first-order valence-corrected chi connectivity index (χ1v) is 11.4. The summed E-state index contributed by atoms with van der Waals surface area (Å²) in [5.74, 6) is -1.68. The number of nitrogens with one attached hydrogen (secondary N) is 1. The molecule has 1 saturated heterocycles. The predicted octanol–water partition coefficient (Wildman–Crippen LogP) is 5.88. The molecule has 0 bridgehead atoms. The zero-order valence-corrected chi connectivity index (χ0v) is 19.2. The lowest BCUT2D eigenvalue weighted by Crippen LogP contribution is -2.54. The average Bonchev–Trinajstić information content (AvgIpc) is 2.78. The van der Waals surface area contributed by atoms with Crippen LogP contribution in [0, 0.1) is 5.82 Å². The highest BCUT2D eigenvalue weighted by molar-refractivity contribution is 6.39. The zero-order chi connectivity index (χ0) is 23.8. The van der Waals surface area contributed by atoms with Gasteiger partial charge in [0.1, 0.15) is 17.1 Å². The summed E-state index contributed by atoms with van der Waals surface area (Å²) >= 11 is 6.13. The molecule has 2 aromatic carbocycles. The van der Waals surface area contributed by atoms with Crippen molar-refractivity contribution in [1.82, 2.24) is 5.32 Å². The fourth-order valence-corrected chi connectivity index (χ4v) is 3.65. The van der Waals surface area contributed by atoms with Gasteiger partial charge in [-0.15, -0.1) is 0 Å². The Morgan fingerprint density at radius 2 is 1.70 bits per heavy atom. The summed E-state index contributed by atoms with van der Waals surface area (Å²) in [6, 6.07) is 8.85. The van der Waals surface area contributed by atoms with E-state index in [1.165, 1.54) is 37.5 Å². The van der Waals surface area contributed by atoms with Crippen LogP contribution in [-0.2, 0) is 9.59 Å². The molecule has 0 aliphatic carbocycles. The number of benzene rings is 2. The molecule has 0 spiro atoms. The molecule has 174 valence electrons. The Bertz CT molecular complexity index is 1050. The first kappa shape index (κ1) is 24.5. The summed E-state index contributed by atoms with van der Waals surface area (Å²) in [5, 5.41) is 2.55. The Labute approximate surface area is 197 Å². The quantitative estimate of drug-likeness (QED) is 0.266. The molecule has 8 heteroatoms. The van der Waals surface area contributed by atoms with E-state index in [9.17, 15) is 18.8 Å². The number of carbonyl (C=O) groups is 3. The molecule has 33 heavy (non-hydrogen) atoms. The summed E-state index contributed by atoms with van der Waals surface area (Å²) in [7, 11) is 0. The van der Waals surface area contributed by atoms with Gasteiger partial charge in [0.25, 0.3) is 11.8 Å². The topological polar surface area (TPSA) is 75.7 Å². The van der Waals surface area contributed by atoms with E-state index in [0.717, 1.165) is 36.3 Å². The van der Waals surface area contributed by atoms with Gasteiger partial charge >= 0.3 is 6.03 Å². The summed E-state index contributed by atoms with van der Waals surface area (Å²) in [6.45, 7) is 2.66. The maximum atomic E-state index is 13.3. The van der Waals surface area contributed by atoms with Gasteiger partial charge in [0.05, 0.1) is 12.3 Å². The summed E-state index contributed by atoms with van der Waals surface area (Å²) in [5.41, 5.74) is 0.328. The van der Waals surface area contributed by atoms with E-state index in [-0.39, 0.29) is 11.3 Å². The van der Waals surface area contributed by atoms with Crippen molar-refractivity contribution in [3.63, 3.8) is 0 Å². The number of ether oxygens (including phenoxy) is 1. The van der Waals surface area contributed by atoms with Gasteiger partial charge in [-0.05, 0) is 55.0 Å². The van der Waals surface area contributed by atoms with E-state index in [1.807, 2.05) is 0 Å². The molecule has 1 aliphatic heterocycles. The minimum Gasteiger partial charge on any atom is -0.493 e. The van der Waals surface area contributed by atoms with Crippen LogP contribution >= 0.6 is 11.6 Å². The van der Waals surface area contributed by atoms with Crippen LogP contribution in [0.3, 0.4) is 0 Å². The van der Waals surface area contributed by atoms with Gasteiger partial charge in [-0.25, -0.2) is 14.1 Å². The maximum Gasteiger partial charge on any atom is 0.335 e. The Hall–Kier alpha value is -3.19. The molecular formula is C25H26ClFN2O4. The number of halogens is 2. The van der Waals surface area contributed by atoms with Gasteiger partial charge in [-0.3, -0.25) is 14.9 Å². The Morgan fingerprint density at radius 3 is 2.42 bits per heavy atom. The number of hydrogen-bond acceptors (Lipinski definition) is 4. The SMILES string of the molecule is CCCCCCCCOc1ccc(Cl)cc1/C=C1\C(=O)NC(=O)N(c2ccc(F)cc2)C1=O. The molecule has 0 atom stereocenters. The zero-order valence-electron chi connectivity index (χ0n) is 18.4. The summed E-state index contributed by atoms with van der Waals surface area (Å²) < 4.78 is 19.2. The Kier molecular flexibility index (Phi) is 8.60. The molecule has 1 N–H and O–H groups in total. The van der Waals surface area contributed by atoms with Crippen molar-refractivity contribution in [1.29, 1.82) is 0 Å². The second-order valence-electron chi connectivity index (χ2n) is 7.73. The number of nitrogens with zero attached hydrogens (tertiary/aromatic N) is 1. The van der Waals surface area contributed by atoms with E-state index in [4.69, 9.17) is 16.3 Å². The van der Waals surface area contributed by atoms with Gasteiger partial charge in [-0.2, -0.15) is 0 Å². The van der Waals surface area contributed by atoms with Crippen molar-refractivity contribution < 1.29 is 23.5 Å². The molecular weight excluding hydrogens is 447 g/mol. The monoisotopic (exact) mass is 472 g/mol. The minimum atomic E-state index is -0.903. The van der Waals surface area contributed by atoms with Gasteiger partial charge < -0.3 is 4.74 Å². The first-order chi connectivity index (χ1) is 15.9. The summed E-state index contributed by atoms with van der Waals surface area (Å²) in [6.07, 6.45) is 8.06. The van der Waals surface area contributed by atoms with Crippen molar-refractivity contribution >= 4 is 41.2 Å². The molecule has 6 nitrogen and oxygen atoms in total. The molecule has 1 heterocycles. The van der Waals surface area contributed by atoms with Gasteiger partial charge in [0, 0.05) is 10.6 Å². The van der Waals surface area contributed by atoms with E-state index in [1.54, 1.807) is 18.2 Å². The van der Waals surface area contributed by atoms with Crippen LogP contribution < -0.4 is 15.0 Å². The predicted molar refractivity (Wildman–Crippen MR) is 126 cm³/mol. The molecule has 0 aromatic heterocycles. The second-order valence-corrected chi connectivity index (χ2v) is 8.17. The fourth-order valence-electron chi connectivity index (χ4n) is 3.47. The molecule has 1 fully saturated rings. The third-order valence-electron chi connectivity index (χ3n) is 5.21. The molecule has 0 unspecified atom stereocenters.